The zero-order valence-electron chi connectivity index (χ0n) is 12.3. The molecule has 102 valence electrons. The average molecular weight is 266 g/mol. The molecule has 1 rings (SSSR count). The number of rotatable bonds is 6. The first kappa shape index (κ1) is 15.4. The van der Waals surface area contributed by atoms with Gasteiger partial charge < -0.3 is 4.74 Å². The van der Waals surface area contributed by atoms with Crippen molar-refractivity contribution < 1.29 is 4.74 Å². The van der Waals surface area contributed by atoms with Crippen molar-refractivity contribution in [2.45, 2.75) is 47.5 Å². The lowest BCUT2D eigenvalue weighted by molar-refractivity contribution is 0.155. The van der Waals surface area contributed by atoms with Crippen LogP contribution in [0, 0.1) is 26.2 Å². The number of hydrogen-bond acceptors (Lipinski definition) is 2. The van der Waals surface area contributed by atoms with Crippen LogP contribution >= 0.6 is 12.6 Å². The normalized spacial score (nSPS) is 11.7. The molecule has 0 saturated heterocycles. The molecular weight excluding hydrogens is 240 g/mol. The standard InChI is InChI=1S/C16H26OS/c1-6-16(7-2,11-18)10-17-15-13(4)8-12(3)9-14(15)5/h8-9,18H,6-7,10-11H2,1-5H3. The van der Waals surface area contributed by atoms with E-state index in [4.69, 9.17) is 4.74 Å². The second-order valence-corrected chi connectivity index (χ2v) is 5.70. The second-order valence-electron chi connectivity index (χ2n) is 5.38. The first-order chi connectivity index (χ1) is 8.48. The molecule has 0 N–H and O–H groups in total. The fourth-order valence-electron chi connectivity index (χ4n) is 2.34. The minimum atomic E-state index is 0.201. The van der Waals surface area contributed by atoms with Crippen LogP contribution < -0.4 is 4.74 Å². The Morgan fingerprint density at radius 3 is 1.94 bits per heavy atom. The van der Waals surface area contributed by atoms with Crippen molar-refractivity contribution in [2.24, 2.45) is 5.41 Å². The maximum atomic E-state index is 6.11. The molecule has 0 fully saturated rings. The van der Waals surface area contributed by atoms with E-state index in [1.54, 1.807) is 0 Å². The summed E-state index contributed by atoms with van der Waals surface area (Å²) in [6.07, 6.45) is 2.22. The molecule has 0 aliphatic carbocycles. The van der Waals surface area contributed by atoms with E-state index < -0.39 is 0 Å². The molecular formula is C16H26OS. The number of aryl methyl sites for hydroxylation is 3. The molecule has 0 saturated carbocycles. The number of ether oxygens (including phenoxy) is 1. The topological polar surface area (TPSA) is 9.23 Å². The van der Waals surface area contributed by atoms with E-state index in [1.807, 2.05) is 0 Å². The van der Waals surface area contributed by atoms with Gasteiger partial charge in [0.25, 0.3) is 0 Å². The zero-order valence-corrected chi connectivity index (χ0v) is 13.2. The quantitative estimate of drug-likeness (QED) is 0.733. The molecule has 1 aromatic rings. The molecule has 0 spiro atoms. The molecule has 0 unspecified atom stereocenters. The Labute approximate surface area is 117 Å². The van der Waals surface area contributed by atoms with Crippen LogP contribution in [0.3, 0.4) is 0 Å². The lowest BCUT2D eigenvalue weighted by Crippen LogP contribution is -2.29. The first-order valence-electron chi connectivity index (χ1n) is 6.79. The number of hydrogen-bond donors (Lipinski definition) is 1. The highest BCUT2D eigenvalue weighted by Crippen LogP contribution is 2.31. The van der Waals surface area contributed by atoms with Crippen LogP contribution in [0.2, 0.25) is 0 Å². The van der Waals surface area contributed by atoms with Gasteiger partial charge in [-0.05, 0) is 50.5 Å². The van der Waals surface area contributed by atoms with E-state index in [0.29, 0.717) is 0 Å². The van der Waals surface area contributed by atoms with Gasteiger partial charge in [0.1, 0.15) is 5.75 Å². The maximum Gasteiger partial charge on any atom is 0.125 e. The SMILES string of the molecule is CCC(CC)(CS)COc1c(C)cc(C)cc1C. The fraction of sp³-hybridized carbons (Fsp3) is 0.625. The highest BCUT2D eigenvalue weighted by Gasteiger charge is 2.26. The van der Waals surface area contributed by atoms with Crippen LogP contribution in [0.15, 0.2) is 12.1 Å². The Morgan fingerprint density at radius 1 is 1.06 bits per heavy atom. The molecule has 0 aliphatic rings. The number of thiol groups is 1. The monoisotopic (exact) mass is 266 g/mol. The van der Waals surface area contributed by atoms with Crippen LogP contribution in [-0.4, -0.2) is 12.4 Å². The molecule has 0 bridgehead atoms. The van der Waals surface area contributed by atoms with Gasteiger partial charge in [0.2, 0.25) is 0 Å². The molecule has 0 radical (unpaired) electrons. The molecule has 2 heteroatoms. The molecule has 0 heterocycles. The molecule has 1 nitrogen and oxygen atoms in total. The van der Waals surface area contributed by atoms with Gasteiger partial charge >= 0.3 is 0 Å². The highest BCUT2D eigenvalue weighted by atomic mass is 32.1. The molecule has 0 atom stereocenters. The van der Waals surface area contributed by atoms with Crippen LogP contribution in [0.5, 0.6) is 5.75 Å². The van der Waals surface area contributed by atoms with Gasteiger partial charge in [-0.2, -0.15) is 12.6 Å². The summed E-state index contributed by atoms with van der Waals surface area (Å²) in [4.78, 5) is 0. The second kappa shape index (κ2) is 6.51. The van der Waals surface area contributed by atoms with E-state index in [0.717, 1.165) is 31.0 Å². The summed E-state index contributed by atoms with van der Waals surface area (Å²) in [5.74, 6) is 1.93. The number of benzene rings is 1. The molecule has 0 aromatic heterocycles. The highest BCUT2D eigenvalue weighted by molar-refractivity contribution is 7.80. The average Bonchev–Trinajstić information content (AvgIpc) is 2.33. The molecule has 0 amide bonds. The first-order valence-corrected chi connectivity index (χ1v) is 7.42. The lowest BCUT2D eigenvalue weighted by Gasteiger charge is -2.30. The Kier molecular flexibility index (Phi) is 5.58. The van der Waals surface area contributed by atoms with Gasteiger partial charge in [-0.3, -0.25) is 0 Å². The van der Waals surface area contributed by atoms with Crippen molar-refractivity contribution in [1.29, 1.82) is 0 Å². The summed E-state index contributed by atoms with van der Waals surface area (Å²) in [7, 11) is 0. The van der Waals surface area contributed by atoms with E-state index >= 15 is 0 Å². The van der Waals surface area contributed by atoms with E-state index in [-0.39, 0.29) is 5.41 Å². The lowest BCUT2D eigenvalue weighted by atomic mass is 9.85. The van der Waals surface area contributed by atoms with Crippen molar-refractivity contribution in [3.63, 3.8) is 0 Å². The van der Waals surface area contributed by atoms with Crippen LogP contribution in [0.1, 0.15) is 43.4 Å². The van der Waals surface area contributed by atoms with Crippen molar-refractivity contribution in [3.8, 4) is 5.75 Å². The molecule has 0 aliphatic heterocycles. The molecule has 1 aromatic carbocycles. The van der Waals surface area contributed by atoms with Gasteiger partial charge in [0.05, 0.1) is 6.61 Å². The van der Waals surface area contributed by atoms with Crippen molar-refractivity contribution in [3.05, 3.63) is 28.8 Å². The summed E-state index contributed by atoms with van der Waals surface area (Å²) in [6, 6.07) is 4.37. The van der Waals surface area contributed by atoms with E-state index in [2.05, 4.69) is 59.4 Å². The van der Waals surface area contributed by atoms with Crippen molar-refractivity contribution >= 4 is 12.6 Å². The predicted octanol–water partition coefficient (Wildman–Crippen LogP) is 4.73. The van der Waals surface area contributed by atoms with E-state index in [1.165, 1.54) is 16.7 Å². The Bertz CT molecular complexity index is 363. The smallest absolute Gasteiger partial charge is 0.125 e. The van der Waals surface area contributed by atoms with Crippen LogP contribution in [0.4, 0.5) is 0 Å². The third-order valence-electron chi connectivity index (χ3n) is 3.96. The summed E-state index contributed by atoms with van der Waals surface area (Å²) < 4.78 is 6.11. The van der Waals surface area contributed by atoms with Gasteiger partial charge in [0.15, 0.2) is 0 Å². The Morgan fingerprint density at radius 2 is 1.56 bits per heavy atom. The van der Waals surface area contributed by atoms with Gasteiger partial charge in [-0.1, -0.05) is 31.5 Å². The predicted molar refractivity (Wildman–Crippen MR) is 83.0 cm³/mol. The van der Waals surface area contributed by atoms with Crippen molar-refractivity contribution in [2.75, 3.05) is 12.4 Å². The third kappa shape index (κ3) is 3.44. The minimum absolute atomic E-state index is 0.201. The summed E-state index contributed by atoms with van der Waals surface area (Å²) >= 11 is 4.50. The Balaban J connectivity index is 2.86. The third-order valence-corrected chi connectivity index (χ3v) is 4.63. The van der Waals surface area contributed by atoms with Crippen LogP contribution in [0.25, 0.3) is 0 Å². The van der Waals surface area contributed by atoms with Crippen molar-refractivity contribution in [1.82, 2.24) is 0 Å². The summed E-state index contributed by atoms with van der Waals surface area (Å²) in [6.45, 7) is 11.6. The summed E-state index contributed by atoms with van der Waals surface area (Å²) in [5.41, 5.74) is 3.96. The van der Waals surface area contributed by atoms with E-state index in [9.17, 15) is 0 Å². The van der Waals surface area contributed by atoms with Gasteiger partial charge in [-0.15, -0.1) is 0 Å². The molecule has 18 heavy (non-hydrogen) atoms. The largest absolute Gasteiger partial charge is 0.492 e. The van der Waals surface area contributed by atoms with Gasteiger partial charge in [0, 0.05) is 5.41 Å². The maximum absolute atomic E-state index is 6.11. The fourth-order valence-corrected chi connectivity index (χ4v) is 2.88. The Hall–Kier alpha value is -0.630. The minimum Gasteiger partial charge on any atom is -0.492 e. The van der Waals surface area contributed by atoms with Gasteiger partial charge in [-0.25, -0.2) is 0 Å². The summed E-state index contributed by atoms with van der Waals surface area (Å²) in [5, 5.41) is 0. The van der Waals surface area contributed by atoms with Crippen LogP contribution in [-0.2, 0) is 0 Å². The zero-order chi connectivity index (χ0) is 13.8.